The van der Waals surface area contributed by atoms with Gasteiger partial charge in [0.25, 0.3) is 11.8 Å². The average Bonchev–Trinajstić information content (AvgIpc) is 3.40. The van der Waals surface area contributed by atoms with Gasteiger partial charge in [0.05, 0.1) is 11.1 Å². The van der Waals surface area contributed by atoms with Crippen LogP contribution in [0.4, 0.5) is 5.95 Å². The molecule has 2 saturated heterocycles. The minimum Gasteiger partial charge on any atom is -0.332 e. The molecule has 0 aliphatic carbocycles. The number of nitrogens with one attached hydrogen (secondary N) is 2. The van der Waals surface area contributed by atoms with Crippen molar-refractivity contribution in [2.24, 2.45) is 0 Å². The summed E-state index contributed by atoms with van der Waals surface area (Å²) < 4.78 is 0. The predicted molar refractivity (Wildman–Crippen MR) is 118 cm³/mol. The van der Waals surface area contributed by atoms with E-state index in [1.807, 2.05) is 4.90 Å². The lowest BCUT2D eigenvalue weighted by Crippen LogP contribution is -2.54. The highest BCUT2D eigenvalue weighted by Crippen LogP contribution is 2.29. The Hall–Kier alpha value is -3.37. The molecule has 2 fully saturated rings. The Morgan fingerprint density at radius 2 is 1.91 bits per heavy atom. The molecule has 2 unspecified atom stereocenters. The van der Waals surface area contributed by atoms with Crippen molar-refractivity contribution in [1.29, 1.82) is 0 Å². The van der Waals surface area contributed by atoms with Crippen molar-refractivity contribution in [3.05, 3.63) is 52.3 Å². The predicted octanol–water partition coefficient (Wildman–Crippen LogP) is 0.900. The molecule has 4 heterocycles. The zero-order chi connectivity index (χ0) is 23.1. The Bertz CT molecular complexity index is 1170. The van der Waals surface area contributed by atoms with Gasteiger partial charge in [-0.25, -0.2) is 9.97 Å². The number of rotatable bonds is 5. The van der Waals surface area contributed by atoms with E-state index in [9.17, 15) is 19.2 Å². The summed E-state index contributed by atoms with van der Waals surface area (Å²) in [6.07, 6.45) is 2.71. The van der Waals surface area contributed by atoms with Crippen molar-refractivity contribution in [2.75, 3.05) is 18.0 Å². The molecule has 5 rings (SSSR count). The summed E-state index contributed by atoms with van der Waals surface area (Å²) in [4.78, 5) is 61.5. The molecular weight excluding hydrogens is 448 g/mol. The first-order chi connectivity index (χ1) is 15.9. The first-order valence-electron chi connectivity index (χ1n) is 10.7. The molecule has 4 amide bonds. The highest BCUT2D eigenvalue weighted by molar-refractivity contribution is 6.29. The molecule has 2 atom stereocenters. The summed E-state index contributed by atoms with van der Waals surface area (Å²) in [7, 11) is 0. The van der Waals surface area contributed by atoms with E-state index in [2.05, 4.69) is 20.6 Å². The van der Waals surface area contributed by atoms with Gasteiger partial charge < -0.3 is 10.2 Å². The van der Waals surface area contributed by atoms with Crippen molar-refractivity contribution in [2.45, 2.75) is 37.9 Å². The summed E-state index contributed by atoms with van der Waals surface area (Å²) in [6.45, 7) is 2.06. The number of carbonyl (C=O) groups excluding carboxylic acids is 4. The monoisotopic (exact) mass is 468 g/mol. The highest BCUT2D eigenvalue weighted by Gasteiger charge is 2.44. The maximum absolute atomic E-state index is 13.1. The molecule has 10 nitrogen and oxygen atoms in total. The maximum atomic E-state index is 13.1. The first kappa shape index (κ1) is 21.5. The molecule has 3 aliphatic rings. The molecule has 0 saturated carbocycles. The third-order valence-electron chi connectivity index (χ3n) is 6.20. The van der Waals surface area contributed by atoms with E-state index >= 15 is 0 Å². The second-order valence-electron chi connectivity index (χ2n) is 8.28. The fourth-order valence-electron chi connectivity index (χ4n) is 4.55. The second-order valence-corrected chi connectivity index (χ2v) is 8.67. The molecule has 2 N–H and O–H groups in total. The Labute approximate surface area is 194 Å². The number of carbonyl (C=O) groups is 4. The number of benzene rings is 1. The molecule has 3 aliphatic heterocycles. The molecule has 11 heteroatoms. The number of anilines is 1. The quantitative estimate of drug-likeness (QED) is 0.490. The third-order valence-corrected chi connectivity index (χ3v) is 6.41. The number of imide groups is 2. The fourth-order valence-corrected chi connectivity index (χ4v) is 4.68. The molecular formula is C22H21ClN6O4. The average molecular weight is 469 g/mol. The van der Waals surface area contributed by atoms with E-state index in [0.29, 0.717) is 17.6 Å². The topological polar surface area (TPSA) is 125 Å². The van der Waals surface area contributed by atoms with Crippen LogP contribution in [0.5, 0.6) is 0 Å². The van der Waals surface area contributed by atoms with E-state index in [0.717, 1.165) is 30.0 Å². The molecule has 170 valence electrons. The minimum atomic E-state index is -0.987. The van der Waals surface area contributed by atoms with Crippen LogP contribution in [0.2, 0.25) is 5.15 Å². The largest absolute Gasteiger partial charge is 0.332 e. The Kier molecular flexibility index (Phi) is 5.55. The molecule has 33 heavy (non-hydrogen) atoms. The van der Waals surface area contributed by atoms with Crippen LogP contribution in [-0.4, -0.2) is 63.7 Å². The van der Waals surface area contributed by atoms with Gasteiger partial charge in [0.15, 0.2) is 0 Å². The zero-order valence-electron chi connectivity index (χ0n) is 17.6. The van der Waals surface area contributed by atoms with Crippen LogP contribution in [0.25, 0.3) is 0 Å². The summed E-state index contributed by atoms with van der Waals surface area (Å²) in [5.74, 6) is -1.59. The van der Waals surface area contributed by atoms with Gasteiger partial charge in [-0.05, 0) is 43.1 Å². The van der Waals surface area contributed by atoms with E-state index < -0.39 is 29.7 Å². The Morgan fingerprint density at radius 3 is 2.64 bits per heavy atom. The summed E-state index contributed by atoms with van der Waals surface area (Å²) in [5, 5.41) is 5.87. The van der Waals surface area contributed by atoms with E-state index in [1.54, 1.807) is 30.5 Å². The lowest BCUT2D eigenvalue weighted by molar-refractivity contribution is -0.136. The van der Waals surface area contributed by atoms with Crippen molar-refractivity contribution in [3.8, 4) is 0 Å². The number of amides is 4. The fraction of sp³-hybridized carbons (Fsp3) is 0.364. The van der Waals surface area contributed by atoms with Gasteiger partial charge in [-0.15, -0.1) is 0 Å². The van der Waals surface area contributed by atoms with Crippen LogP contribution in [-0.2, 0) is 16.1 Å². The van der Waals surface area contributed by atoms with Gasteiger partial charge in [0.1, 0.15) is 11.2 Å². The number of hydrogen-bond donors (Lipinski definition) is 2. The third kappa shape index (κ3) is 3.96. The van der Waals surface area contributed by atoms with Gasteiger partial charge in [-0.2, -0.15) is 0 Å². The smallest absolute Gasteiger partial charge is 0.262 e. The summed E-state index contributed by atoms with van der Waals surface area (Å²) in [6, 6.07) is 5.85. The molecule has 0 spiro atoms. The van der Waals surface area contributed by atoms with Crippen molar-refractivity contribution in [3.63, 3.8) is 0 Å². The number of nitrogens with zero attached hydrogens (tertiary/aromatic N) is 4. The number of halogens is 1. The van der Waals surface area contributed by atoms with Crippen LogP contribution in [0.15, 0.2) is 30.5 Å². The molecule has 0 radical (unpaired) electrons. The minimum absolute atomic E-state index is 0.0824. The second kappa shape index (κ2) is 8.53. The Morgan fingerprint density at radius 1 is 1.09 bits per heavy atom. The molecule has 1 aromatic carbocycles. The van der Waals surface area contributed by atoms with Gasteiger partial charge in [-0.1, -0.05) is 17.7 Å². The number of piperidine rings is 1. The highest BCUT2D eigenvalue weighted by atomic mass is 35.5. The lowest BCUT2D eigenvalue weighted by atomic mass is 10.0. The molecule has 1 aromatic heterocycles. The normalized spacial score (nSPS) is 22.5. The zero-order valence-corrected chi connectivity index (χ0v) is 18.3. The van der Waals surface area contributed by atoms with Crippen LogP contribution in [0.1, 0.15) is 45.5 Å². The van der Waals surface area contributed by atoms with Crippen molar-refractivity contribution in [1.82, 2.24) is 25.5 Å². The number of fused-ring (bicyclic) bond motifs is 1. The van der Waals surface area contributed by atoms with Gasteiger partial charge in [-0.3, -0.25) is 29.4 Å². The SMILES string of the molecule is O=C1CCC(N2C(=O)c3ccc(CN(c4nccc(Cl)n4)C4CCNC4)cc3C2=O)C(=O)N1. The van der Waals surface area contributed by atoms with Gasteiger partial charge in [0, 0.05) is 31.7 Å². The maximum Gasteiger partial charge on any atom is 0.262 e. The lowest BCUT2D eigenvalue weighted by Gasteiger charge is -2.28. The number of hydrogen-bond acceptors (Lipinski definition) is 8. The molecule has 0 bridgehead atoms. The van der Waals surface area contributed by atoms with Crippen LogP contribution >= 0.6 is 11.6 Å². The van der Waals surface area contributed by atoms with Crippen LogP contribution in [0.3, 0.4) is 0 Å². The van der Waals surface area contributed by atoms with Crippen LogP contribution < -0.4 is 15.5 Å². The van der Waals surface area contributed by atoms with E-state index in [4.69, 9.17) is 11.6 Å². The molecule has 2 aromatic rings. The van der Waals surface area contributed by atoms with Crippen LogP contribution in [0, 0.1) is 0 Å². The van der Waals surface area contributed by atoms with Gasteiger partial charge in [0.2, 0.25) is 17.8 Å². The number of aromatic nitrogens is 2. The van der Waals surface area contributed by atoms with Crippen molar-refractivity contribution < 1.29 is 19.2 Å². The van der Waals surface area contributed by atoms with Crippen molar-refractivity contribution >= 4 is 41.2 Å². The van der Waals surface area contributed by atoms with E-state index in [-0.39, 0.29) is 30.0 Å². The summed E-state index contributed by atoms with van der Waals surface area (Å²) in [5.41, 5.74) is 1.30. The van der Waals surface area contributed by atoms with E-state index in [1.165, 1.54) is 0 Å². The first-order valence-corrected chi connectivity index (χ1v) is 11.1. The standard InChI is InChI=1S/C22H21ClN6O4/c23-17-6-8-25-22(26-17)28(13-5-7-24-10-13)11-12-1-2-14-15(9-12)21(33)29(20(14)32)16-3-4-18(30)27-19(16)31/h1-2,6,8-9,13,16,24H,3-5,7,10-11H2,(H,27,30,31). The Balaban J connectivity index is 1.42. The van der Waals surface area contributed by atoms with Gasteiger partial charge >= 0.3 is 0 Å². The summed E-state index contributed by atoms with van der Waals surface area (Å²) >= 11 is 6.09.